The molecule has 8 heterocycles. The van der Waals surface area contributed by atoms with Gasteiger partial charge in [-0.2, -0.15) is 10.5 Å². The lowest BCUT2D eigenvalue weighted by molar-refractivity contribution is -0.132. The third kappa shape index (κ3) is 7.14. The Kier molecular flexibility index (Phi) is 10.0. The van der Waals surface area contributed by atoms with Crippen molar-refractivity contribution in [3.63, 3.8) is 0 Å². The van der Waals surface area contributed by atoms with Crippen LogP contribution in [0.3, 0.4) is 0 Å². The van der Waals surface area contributed by atoms with E-state index in [-0.39, 0.29) is 36.4 Å². The van der Waals surface area contributed by atoms with Gasteiger partial charge in [-0.15, -0.1) is 22.7 Å². The van der Waals surface area contributed by atoms with Gasteiger partial charge in [0.1, 0.15) is 27.7 Å². The van der Waals surface area contributed by atoms with Gasteiger partial charge in [-0.3, -0.25) is 9.69 Å². The highest BCUT2D eigenvalue weighted by molar-refractivity contribution is 7.15. The second-order valence-electron chi connectivity index (χ2n) is 14.6. The van der Waals surface area contributed by atoms with Crippen molar-refractivity contribution >= 4 is 62.0 Å². The summed E-state index contributed by atoms with van der Waals surface area (Å²) in [5, 5.41) is 32.4. The van der Waals surface area contributed by atoms with E-state index in [0.29, 0.717) is 26.1 Å². The number of likely N-dealkylation sites (tertiary alicyclic amines) is 2. The van der Waals surface area contributed by atoms with Crippen molar-refractivity contribution in [2.75, 3.05) is 43.4 Å². The van der Waals surface area contributed by atoms with Crippen molar-refractivity contribution in [2.45, 2.75) is 64.6 Å². The van der Waals surface area contributed by atoms with Gasteiger partial charge in [0.2, 0.25) is 5.91 Å². The highest BCUT2D eigenvalue weighted by Gasteiger charge is 2.32. The SMILES string of the molecule is Cc1csc(-c2cnc3c(ccn3[C@H]3C[C@@H](Nc4c(-c5ncc(C)s5)cnc5[nH]ccc45)CN(CCC#N)C3)c2N[C@@H]2C[C@H](C)CN(C(=O)CC#N)C2)n1. The molecule has 0 radical (unpaired) electrons. The average molecular weight is 759 g/mol. The van der Waals surface area contributed by atoms with E-state index >= 15 is 0 Å². The molecule has 6 aromatic rings. The third-order valence-electron chi connectivity index (χ3n) is 10.4. The minimum absolute atomic E-state index is 0.00339. The molecule has 2 aliphatic rings. The number of amides is 1. The molecule has 15 heteroatoms. The number of nitrogens with one attached hydrogen (secondary N) is 3. The first-order valence-corrected chi connectivity index (χ1v) is 20.1. The number of aromatic amines is 1. The minimum atomic E-state index is -0.128. The Balaban J connectivity index is 1.15. The van der Waals surface area contributed by atoms with Crippen LogP contribution in [0.1, 0.15) is 49.2 Å². The Morgan fingerprint density at radius 3 is 2.50 bits per heavy atom. The first-order chi connectivity index (χ1) is 26.3. The summed E-state index contributed by atoms with van der Waals surface area (Å²) < 4.78 is 2.29. The summed E-state index contributed by atoms with van der Waals surface area (Å²) in [5.74, 6) is 0.155. The number of hydrogen-bond donors (Lipinski definition) is 3. The van der Waals surface area contributed by atoms with E-state index < -0.39 is 0 Å². The van der Waals surface area contributed by atoms with Gasteiger partial charge in [0.25, 0.3) is 0 Å². The number of thiazole rings is 2. The molecule has 2 aliphatic heterocycles. The predicted octanol–water partition coefficient (Wildman–Crippen LogP) is 6.98. The van der Waals surface area contributed by atoms with Crippen LogP contribution >= 0.6 is 22.7 Å². The van der Waals surface area contributed by atoms with Crippen LogP contribution in [0.2, 0.25) is 0 Å². The standard InChI is InChI=1S/C39H42N12OS2/c1-23-13-26(20-50(18-23)33(52)5-9-41)47-35-30-7-12-51(37(30)44-17-32(35)39-46-24(2)22-53-39)28-14-27(19-49(21-28)11-4-8-40)48-34-29-6-10-42-36(29)43-16-31(34)38-45-15-25(3)54-38/h6-7,10,12,15-17,22-23,26-28H,4-5,11,13-14,18-21H2,1-3H3,(H,44,47)(H2,42,43,48)/t23-,26+,27+,28-/m0/s1. The van der Waals surface area contributed by atoms with Crippen LogP contribution in [0, 0.1) is 42.4 Å². The van der Waals surface area contributed by atoms with Crippen LogP contribution in [0.15, 0.2) is 48.5 Å². The summed E-state index contributed by atoms with van der Waals surface area (Å²) in [6.07, 6.45) is 11.9. The van der Waals surface area contributed by atoms with Gasteiger partial charge in [-0.1, -0.05) is 6.92 Å². The molecule has 0 unspecified atom stereocenters. The number of H-pyrrole nitrogens is 1. The van der Waals surface area contributed by atoms with E-state index in [0.717, 1.165) is 91.1 Å². The van der Waals surface area contributed by atoms with Gasteiger partial charge in [0.15, 0.2) is 0 Å². The van der Waals surface area contributed by atoms with Gasteiger partial charge in [0.05, 0.1) is 34.6 Å². The second-order valence-corrected chi connectivity index (χ2v) is 16.7. The summed E-state index contributed by atoms with van der Waals surface area (Å²) in [6, 6.07) is 8.71. The fourth-order valence-corrected chi connectivity index (χ4v) is 9.70. The Morgan fingerprint density at radius 1 is 0.944 bits per heavy atom. The number of pyridine rings is 2. The fraction of sp³-hybridized carbons (Fsp3) is 0.410. The largest absolute Gasteiger partial charge is 0.380 e. The molecule has 0 bridgehead atoms. The molecule has 4 atom stereocenters. The molecule has 0 aromatic carbocycles. The molecule has 13 nitrogen and oxygen atoms in total. The highest BCUT2D eigenvalue weighted by Crippen LogP contribution is 2.40. The maximum atomic E-state index is 12.8. The molecule has 6 aromatic heterocycles. The molecule has 3 N–H and O–H groups in total. The van der Waals surface area contributed by atoms with Crippen molar-refractivity contribution in [2.24, 2.45) is 5.92 Å². The first kappa shape index (κ1) is 35.7. The summed E-state index contributed by atoms with van der Waals surface area (Å²) in [5.41, 5.74) is 6.53. The molecule has 2 saturated heterocycles. The molecule has 1 amide bonds. The van der Waals surface area contributed by atoms with Gasteiger partial charge < -0.3 is 25.1 Å². The number of fused-ring (bicyclic) bond motifs is 2. The van der Waals surface area contributed by atoms with E-state index in [2.05, 4.69) is 68.7 Å². The molecule has 0 aliphatic carbocycles. The molecular weight excluding hydrogens is 717 g/mol. The summed E-state index contributed by atoms with van der Waals surface area (Å²) in [7, 11) is 0. The van der Waals surface area contributed by atoms with Crippen LogP contribution in [0.25, 0.3) is 43.2 Å². The quantitative estimate of drug-likeness (QED) is 0.133. The number of aryl methyl sites for hydroxylation is 2. The predicted molar refractivity (Wildman–Crippen MR) is 213 cm³/mol. The van der Waals surface area contributed by atoms with Gasteiger partial charge in [-0.25, -0.2) is 19.9 Å². The lowest BCUT2D eigenvalue weighted by atomic mass is 9.95. The number of carbonyl (C=O) groups is 1. The zero-order valence-corrected chi connectivity index (χ0v) is 32.2. The minimum Gasteiger partial charge on any atom is -0.380 e. The monoisotopic (exact) mass is 758 g/mol. The average Bonchev–Trinajstić information content (AvgIpc) is 3.98. The molecule has 54 heavy (non-hydrogen) atoms. The second kappa shape index (κ2) is 15.2. The number of rotatable bonds is 10. The Labute approximate surface area is 321 Å². The smallest absolute Gasteiger partial charge is 0.236 e. The van der Waals surface area contributed by atoms with E-state index in [1.165, 1.54) is 0 Å². The fourth-order valence-electron chi connectivity index (χ4n) is 8.11. The number of aromatic nitrogens is 6. The molecule has 276 valence electrons. The number of carbonyl (C=O) groups excluding carboxylic acids is 1. The first-order valence-electron chi connectivity index (χ1n) is 18.4. The number of hydrogen-bond acceptors (Lipinski definition) is 12. The molecule has 8 rings (SSSR count). The summed E-state index contributed by atoms with van der Waals surface area (Å²) in [6.45, 7) is 9.64. The number of nitrogens with zero attached hydrogens (tertiary/aromatic N) is 9. The molecule has 0 saturated carbocycles. The van der Waals surface area contributed by atoms with E-state index in [4.69, 9.17) is 19.9 Å². The maximum absolute atomic E-state index is 12.8. The van der Waals surface area contributed by atoms with Gasteiger partial charge in [-0.05, 0) is 44.7 Å². The van der Waals surface area contributed by atoms with Crippen LogP contribution < -0.4 is 10.6 Å². The Hall–Kier alpha value is -5.35. The topological polar surface area (TPSA) is 167 Å². The number of nitriles is 2. The van der Waals surface area contributed by atoms with Crippen molar-refractivity contribution in [3.05, 3.63) is 59.1 Å². The van der Waals surface area contributed by atoms with Crippen LogP contribution in [-0.4, -0.2) is 90.0 Å². The van der Waals surface area contributed by atoms with Crippen LogP contribution in [0.4, 0.5) is 11.4 Å². The lowest BCUT2D eigenvalue weighted by Gasteiger charge is -2.39. The van der Waals surface area contributed by atoms with E-state index in [9.17, 15) is 15.3 Å². The van der Waals surface area contributed by atoms with Gasteiger partial charge in [0, 0.05) is 115 Å². The zero-order valence-electron chi connectivity index (χ0n) is 30.5. The normalized spacial score (nSPS) is 20.6. The summed E-state index contributed by atoms with van der Waals surface area (Å²) >= 11 is 3.25. The summed E-state index contributed by atoms with van der Waals surface area (Å²) in [4.78, 5) is 40.8. The molecule has 0 spiro atoms. The molecule has 2 fully saturated rings. The lowest BCUT2D eigenvalue weighted by Crippen LogP contribution is -2.48. The van der Waals surface area contributed by atoms with Crippen molar-refractivity contribution < 1.29 is 4.79 Å². The molecular formula is C39H42N12OS2. The zero-order chi connectivity index (χ0) is 37.3. The number of anilines is 2. The van der Waals surface area contributed by atoms with Crippen molar-refractivity contribution in [1.82, 2.24) is 39.3 Å². The van der Waals surface area contributed by atoms with E-state index in [1.54, 1.807) is 22.7 Å². The third-order valence-corrected chi connectivity index (χ3v) is 12.3. The highest BCUT2D eigenvalue weighted by atomic mass is 32.1. The van der Waals surface area contributed by atoms with Crippen LogP contribution in [-0.2, 0) is 4.79 Å². The Morgan fingerprint density at radius 2 is 1.74 bits per heavy atom. The van der Waals surface area contributed by atoms with E-state index in [1.807, 2.05) is 42.7 Å². The van der Waals surface area contributed by atoms with Gasteiger partial charge >= 0.3 is 0 Å². The van der Waals surface area contributed by atoms with Crippen molar-refractivity contribution in [3.8, 4) is 33.3 Å². The van der Waals surface area contributed by atoms with Crippen molar-refractivity contribution in [1.29, 1.82) is 10.5 Å². The Bertz CT molecular complexity index is 2390. The van der Waals surface area contributed by atoms with Crippen LogP contribution in [0.5, 0.6) is 0 Å². The number of piperidine rings is 2. The maximum Gasteiger partial charge on any atom is 0.236 e.